The molecule has 2 N–H and O–H groups in total. The number of benzene rings is 4. The molecule has 0 unspecified atom stereocenters. The van der Waals surface area contributed by atoms with Gasteiger partial charge in [-0.3, -0.25) is 9.89 Å². The highest BCUT2D eigenvalue weighted by Crippen LogP contribution is 2.22. The van der Waals surface area contributed by atoms with E-state index in [-0.39, 0.29) is 5.91 Å². The zero-order chi connectivity index (χ0) is 24.0. The number of H-pyrrole nitrogens is 1. The summed E-state index contributed by atoms with van der Waals surface area (Å²) in [7, 11) is 0. The maximum atomic E-state index is 12.6. The molecule has 0 aliphatic rings. The third-order valence-corrected chi connectivity index (χ3v) is 5.71. The fourth-order valence-electron chi connectivity index (χ4n) is 3.72. The van der Waals surface area contributed by atoms with Crippen LogP contribution in [0.2, 0.25) is 0 Å². The minimum absolute atomic E-state index is 0.333. The first-order valence-electron chi connectivity index (χ1n) is 11.3. The second kappa shape index (κ2) is 10.1. The van der Waals surface area contributed by atoms with Crippen LogP contribution >= 0.6 is 0 Å². The van der Waals surface area contributed by atoms with Crippen molar-refractivity contribution in [1.82, 2.24) is 15.6 Å². The van der Waals surface area contributed by atoms with Gasteiger partial charge in [-0.1, -0.05) is 66.7 Å². The van der Waals surface area contributed by atoms with E-state index in [1.165, 1.54) is 0 Å². The van der Waals surface area contributed by atoms with E-state index in [0.29, 0.717) is 18.0 Å². The van der Waals surface area contributed by atoms with Gasteiger partial charge in [0.05, 0.1) is 11.4 Å². The molecule has 0 fully saturated rings. The van der Waals surface area contributed by atoms with Gasteiger partial charge in [0.25, 0.3) is 5.91 Å². The van der Waals surface area contributed by atoms with Gasteiger partial charge in [0.15, 0.2) is 0 Å². The van der Waals surface area contributed by atoms with Crippen molar-refractivity contribution in [2.45, 2.75) is 13.5 Å². The highest BCUT2D eigenvalue weighted by Gasteiger charge is 2.11. The number of amides is 1. The maximum Gasteiger partial charge on any atom is 0.289 e. The van der Waals surface area contributed by atoms with E-state index in [4.69, 9.17) is 4.74 Å². The van der Waals surface area contributed by atoms with Crippen molar-refractivity contribution in [2.75, 3.05) is 0 Å². The Balaban J connectivity index is 1.21. The monoisotopic (exact) mass is 460 g/mol. The van der Waals surface area contributed by atoms with E-state index in [9.17, 15) is 4.79 Å². The number of fused-ring (bicyclic) bond motifs is 1. The quantitative estimate of drug-likeness (QED) is 0.232. The lowest BCUT2D eigenvalue weighted by atomic mass is 10.0. The van der Waals surface area contributed by atoms with Crippen LogP contribution in [-0.4, -0.2) is 21.8 Å². The lowest BCUT2D eigenvalue weighted by Crippen LogP contribution is -2.19. The summed E-state index contributed by atoms with van der Waals surface area (Å²) in [6, 6.07) is 33.6. The summed E-state index contributed by atoms with van der Waals surface area (Å²) >= 11 is 0. The molecule has 0 radical (unpaired) electrons. The Bertz CT molecular complexity index is 1490. The summed E-state index contributed by atoms with van der Waals surface area (Å²) in [6.45, 7) is 2.37. The van der Waals surface area contributed by atoms with Crippen molar-refractivity contribution in [3.63, 3.8) is 0 Å². The highest BCUT2D eigenvalue weighted by molar-refractivity contribution is 6.03. The third kappa shape index (κ3) is 5.28. The predicted octanol–water partition coefficient (Wildman–Crippen LogP) is 5.96. The topological polar surface area (TPSA) is 79.4 Å². The van der Waals surface area contributed by atoms with E-state index in [2.05, 4.69) is 38.9 Å². The summed E-state index contributed by atoms with van der Waals surface area (Å²) in [5, 5.41) is 13.6. The van der Waals surface area contributed by atoms with Gasteiger partial charge >= 0.3 is 0 Å². The smallest absolute Gasteiger partial charge is 0.289 e. The molecule has 5 rings (SSSR count). The standard InChI is InChI=1S/C29H24N4O2/c1-20(24-12-11-22-9-5-6-10-25(22)17-24)30-33-29(34)28-18-27(31-32-28)23-13-15-26(16-14-23)35-19-21-7-3-2-4-8-21/h2-18H,19H2,1H3,(H,31,32)(H,33,34)/b30-20+. The first-order valence-corrected chi connectivity index (χ1v) is 11.3. The Morgan fingerprint density at radius 1 is 0.886 bits per heavy atom. The Labute approximate surface area is 203 Å². The number of nitrogens with one attached hydrogen (secondary N) is 2. The molecule has 4 aromatic carbocycles. The molecule has 0 bridgehead atoms. The fourth-order valence-corrected chi connectivity index (χ4v) is 3.72. The summed E-state index contributed by atoms with van der Waals surface area (Å²) in [6.07, 6.45) is 0. The van der Waals surface area contributed by atoms with Gasteiger partial charge in [0.2, 0.25) is 0 Å². The maximum absolute atomic E-state index is 12.6. The van der Waals surface area contributed by atoms with Gasteiger partial charge in [-0.25, -0.2) is 5.43 Å². The normalized spacial score (nSPS) is 11.4. The van der Waals surface area contributed by atoms with Gasteiger partial charge in [-0.2, -0.15) is 10.2 Å². The SMILES string of the molecule is C/C(=N\NC(=O)c1cc(-c2ccc(OCc3ccccc3)cc2)n[nH]1)c1ccc2ccccc2c1. The highest BCUT2D eigenvalue weighted by atomic mass is 16.5. The lowest BCUT2D eigenvalue weighted by molar-refractivity contribution is 0.0950. The minimum Gasteiger partial charge on any atom is -0.489 e. The number of rotatable bonds is 7. The molecule has 0 aliphatic heterocycles. The Kier molecular flexibility index (Phi) is 6.35. The first-order chi connectivity index (χ1) is 17.2. The van der Waals surface area contributed by atoms with E-state index in [0.717, 1.165) is 38.9 Å². The Morgan fingerprint density at radius 3 is 2.43 bits per heavy atom. The number of carbonyl (C=O) groups excluding carboxylic acids is 1. The molecule has 0 atom stereocenters. The molecule has 1 heterocycles. The van der Waals surface area contributed by atoms with Crippen LogP contribution in [0.1, 0.15) is 28.5 Å². The molecule has 0 aliphatic carbocycles. The Hall–Kier alpha value is -4.71. The summed E-state index contributed by atoms with van der Waals surface area (Å²) in [4.78, 5) is 12.6. The first kappa shape index (κ1) is 22.1. The molecule has 6 nitrogen and oxygen atoms in total. The van der Waals surface area contributed by atoms with Crippen molar-refractivity contribution < 1.29 is 9.53 Å². The van der Waals surface area contributed by atoms with Gasteiger partial charge in [0, 0.05) is 5.56 Å². The largest absolute Gasteiger partial charge is 0.489 e. The third-order valence-electron chi connectivity index (χ3n) is 5.71. The van der Waals surface area contributed by atoms with Gasteiger partial charge in [-0.05, 0) is 65.2 Å². The number of hydrazone groups is 1. The number of aromatic amines is 1. The molecule has 1 amide bonds. The van der Waals surface area contributed by atoms with Gasteiger partial charge in [-0.15, -0.1) is 0 Å². The summed E-state index contributed by atoms with van der Waals surface area (Å²) < 4.78 is 5.83. The van der Waals surface area contributed by atoms with E-state index >= 15 is 0 Å². The van der Waals surface area contributed by atoms with Crippen LogP contribution in [0.4, 0.5) is 0 Å². The van der Waals surface area contributed by atoms with E-state index in [1.807, 2.05) is 85.8 Å². The van der Waals surface area contributed by atoms with Crippen molar-refractivity contribution >= 4 is 22.4 Å². The van der Waals surface area contributed by atoms with E-state index < -0.39 is 0 Å². The number of hydrogen-bond acceptors (Lipinski definition) is 4. The van der Waals surface area contributed by atoms with Crippen LogP contribution in [0.25, 0.3) is 22.0 Å². The number of aromatic nitrogens is 2. The number of hydrogen-bond donors (Lipinski definition) is 2. The summed E-state index contributed by atoms with van der Waals surface area (Å²) in [5.74, 6) is 0.413. The second-order valence-corrected chi connectivity index (χ2v) is 8.17. The van der Waals surface area contributed by atoms with Crippen molar-refractivity contribution in [3.05, 3.63) is 120 Å². The fraction of sp³-hybridized carbons (Fsp3) is 0.0690. The molecule has 0 spiro atoms. The molecule has 6 heteroatoms. The molecule has 0 saturated carbocycles. The number of carbonyl (C=O) groups is 1. The zero-order valence-corrected chi connectivity index (χ0v) is 19.2. The molecule has 0 saturated heterocycles. The lowest BCUT2D eigenvalue weighted by Gasteiger charge is -2.06. The van der Waals surface area contributed by atoms with Crippen LogP contribution in [0.5, 0.6) is 5.75 Å². The average molecular weight is 461 g/mol. The Morgan fingerprint density at radius 2 is 1.63 bits per heavy atom. The number of nitrogens with zero attached hydrogens (tertiary/aromatic N) is 2. The summed E-state index contributed by atoms with van der Waals surface area (Å²) in [5.41, 5.74) is 7.26. The van der Waals surface area contributed by atoms with Crippen molar-refractivity contribution in [1.29, 1.82) is 0 Å². The van der Waals surface area contributed by atoms with Crippen LogP contribution in [0.3, 0.4) is 0 Å². The zero-order valence-electron chi connectivity index (χ0n) is 19.2. The van der Waals surface area contributed by atoms with Gasteiger partial charge in [0.1, 0.15) is 18.1 Å². The second-order valence-electron chi connectivity index (χ2n) is 8.17. The molecule has 5 aromatic rings. The number of ether oxygens (including phenoxy) is 1. The average Bonchev–Trinajstić information content (AvgIpc) is 3.41. The van der Waals surface area contributed by atoms with Crippen molar-refractivity contribution in [2.24, 2.45) is 5.10 Å². The molecule has 172 valence electrons. The van der Waals surface area contributed by atoms with Crippen LogP contribution in [0, 0.1) is 0 Å². The predicted molar refractivity (Wildman–Crippen MR) is 138 cm³/mol. The molecule has 1 aromatic heterocycles. The van der Waals surface area contributed by atoms with Gasteiger partial charge < -0.3 is 4.74 Å². The molecular weight excluding hydrogens is 436 g/mol. The van der Waals surface area contributed by atoms with Crippen molar-refractivity contribution in [3.8, 4) is 17.0 Å². The molecular formula is C29H24N4O2. The van der Waals surface area contributed by atoms with Crippen LogP contribution in [0.15, 0.2) is 108 Å². The van der Waals surface area contributed by atoms with Crippen LogP contribution in [-0.2, 0) is 6.61 Å². The molecule has 35 heavy (non-hydrogen) atoms. The minimum atomic E-state index is -0.355. The van der Waals surface area contributed by atoms with Crippen LogP contribution < -0.4 is 10.2 Å². The van der Waals surface area contributed by atoms with E-state index in [1.54, 1.807) is 6.07 Å².